The van der Waals surface area contributed by atoms with E-state index in [-0.39, 0.29) is 25.5 Å². The fourth-order valence-corrected chi connectivity index (χ4v) is 2.02. The predicted molar refractivity (Wildman–Crippen MR) is 77.2 cm³/mol. The Hall–Kier alpha value is -2.87. The number of benzene rings is 2. The van der Waals surface area contributed by atoms with Crippen LogP contribution in [0.5, 0.6) is 0 Å². The third kappa shape index (κ3) is 4.05. The van der Waals surface area contributed by atoms with Crippen molar-refractivity contribution in [3.63, 3.8) is 0 Å². The first-order chi connectivity index (χ1) is 10.2. The fourth-order valence-electron chi connectivity index (χ4n) is 2.02. The number of carbonyl (C=O) groups is 2. The van der Waals surface area contributed by atoms with E-state index in [4.69, 9.17) is 5.26 Å². The molecule has 1 amide bonds. The zero-order valence-corrected chi connectivity index (χ0v) is 11.3. The SMILES string of the molecule is N#CCOC(=O)CNC(=O)Cc1cccc2ccccc12. The van der Waals surface area contributed by atoms with Crippen LogP contribution in [0.4, 0.5) is 0 Å². The van der Waals surface area contributed by atoms with E-state index in [9.17, 15) is 9.59 Å². The molecule has 0 spiro atoms. The molecule has 1 N–H and O–H groups in total. The van der Waals surface area contributed by atoms with Crippen molar-refractivity contribution in [3.8, 4) is 6.07 Å². The van der Waals surface area contributed by atoms with Gasteiger partial charge in [-0.1, -0.05) is 42.5 Å². The largest absolute Gasteiger partial charge is 0.449 e. The molecule has 0 aliphatic heterocycles. The lowest BCUT2D eigenvalue weighted by molar-refractivity contribution is -0.142. The molecule has 0 radical (unpaired) electrons. The summed E-state index contributed by atoms with van der Waals surface area (Å²) in [5.74, 6) is -0.886. The van der Waals surface area contributed by atoms with Crippen LogP contribution in [0.1, 0.15) is 5.56 Å². The van der Waals surface area contributed by atoms with E-state index in [0.29, 0.717) is 0 Å². The molecule has 2 rings (SSSR count). The topological polar surface area (TPSA) is 79.2 Å². The van der Waals surface area contributed by atoms with E-state index in [1.54, 1.807) is 6.07 Å². The van der Waals surface area contributed by atoms with Gasteiger partial charge in [-0.25, -0.2) is 0 Å². The van der Waals surface area contributed by atoms with Gasteiger partial charge < -0.3 is 10.1 Å². The maximum Gasteiger partial charge on any atom is 0.326 e. The quantitative estimate of drug-likeness (QED) is 0.844. The van der Waals surface area contributed by atoms with E-state index in [1.807, 2.05) is 42.5 Å². The molecule has 0 saturated heterocycles. The van der Waals surface area contributed by atoms with Crippen molar-refractivity contribution < 1.29 is 14.3 Å². The summed E-state index contributed by atoms with van der Waals surface area (Å²) in [6, 6.07) is 15.3. The van der Waals surface area contributed by atoms with Crippen molar-refractivity contribution in [2.75, 3.05) is 13.2 Å². The van der Waals surface area contributed by atoms with Gasteiger partial charge in [-0.05, 0) is 16.3 Å². The Balaban J connectivity index is 1.96. The smallest absolute Gasteiger partial charge is 0.326 e. The lowest BCUT2D eigenvalue weighted by Crippen LogP contribution is -2.31. The van der Waals surface area contributed by atoms with Gasteiger partial charge in [0.25, 0.3) is 0 Å². The van der Waals surface area contributed by atoms with Crippen molar-refractivity contribution in [2.45, 2.75) is 6.42 Å². The number of fused-ring (bicyclic) bond motifs is 1. The molecule has 0 unspecified atom stereocenters. The molecule has 0 aliphatic carbocycles. The lowest BCUT2D eigenvalue weighted by atomic mass is 10.0. The summed E-state index contributed by atoms with van der Waals surface area (Å²) in [6.45, 7) is -0.538. The molecule has 106 valence electrons. The number of amides is 1. The Morgan fingerprint density at radius 1 is 1.14 bits per heavy atom. The number of esters is 1. The molecule has 2 aromatic rings. The summed E-state index contributed by atoms with van der Waals surface area (Å²) in [5.41, 5.74) is 0.899. The van der Waals surface area contributed by atoms with Gasteiger partial charge in [0.05, 0.1) is 6.42 Å². The van der Waals surface area contributed by atoms with Crippen LogP contribution < -0.4 is 5.32 Å². The van der Waals surface area contributed by atoms with Gasteiger partial charge in [0.2, 0.25) is 5.91 Å². The summed E-state index contributed by atoms with van der Waals surface area (Å²) in [6.07, 6.45) is 0.187. The second-order valence-corrected chi connectivity index (χ2v) is 4.41. The molecule has 0 saturated carbocycles. The van der Waals surface area contributed by atoms with Crippen molar-refractivity contribution in [2.24, 2.45) is 0 Å². The third-order valence-electron chi connectivity index (χ3n) is 2.96. The number of nitrogens with one attached hydrogen (secondary N) is 1. The molecule has 0 aliphatic rings. The number of rotatable bonds is 5. The number of nitrogens with zero attached hydrogens (tertiary/aromatic N) is 1. The summed E-state index contributed by atoms with van der Waals surface area (Å²) >= 11 is 0. The monoisotopic (exact) mass is 282 g/mol. The number of nitriles is 1. The number of hydrogen-bond donors (Lipinski definition) is 1. The average Bonchev–Trinajstić information content (AvgIpc) is 2.51. The predicted octanol–water partition coefficient (Wildman–Crippen LogP) is 1.57. The van der Waals surface area contributed by atoms with Crippen LogP contribution in [0.3, 0.4) is 0 Å². The molecular weight excluding hydrogens is 268 g/mol. The molecule has 0 fully saturated rings. The average molecular weight is 282 g/mol. The Labute approximate surface area is 122 Å². The van der Waals surface area contributed by atoms with E-state index < -0.39 is 5.97 Å². The highest BCUT2D eigenvalue weighted by atomic mass is 16.5. The van der Waals surface area contributed by atoms with Gasteiger partial charge in [-0.15, -0.1) is 0 Å². The van der Waals surface area contributed by atoms with Gasteiger partial charge in [-0.3, -0.25) is 9.59 Å². The second kappa shape index (κ2) is 7.06. The van der Waals surface area contributed by atoms with Crippen molar-refractivity contribution in [1.29, 1.82) is 5.26 Å². The minimum atomic E-state index is -0.622. The zero-order chi connectivity index (χ0) is 15.1. The van der Waals surface area contributed by atoms with Gasteiger partial charge >= 0.3 is 5.97 Å². The Morgan fingerprint density at radius 2 is 1.90 bits per heavy atom. The molecule has 0 heterocycles. The van der Waals surface area contributed by atoms with Crippen molar-refractivity contribution in [3.05, 3.63) is 48.0 Å². The minimum absolute atomic E-state index is 0.187. The molecule has 21 heavy (non-hydrogen) atoms. The maximum absolute atomic E-state index is 11.9. The maximum atomic E-state index is 11.9. The Kier molecular flexibility index (Phi) is 4.89. The van der Waals surface area contributed by atoms with E-state index in [1.165, 1.54) is 0 Å². The Bertz CT molecular complexity index is 699. The molecule has 5 heteroatoms. The molecule has 0 aromatic heterocycles. The third-order valence-corrected chi connectivity index (χ3v) is 2.96. The zero-order valence-electron chi connectivity index (χ0n) is 11.3. The van der Waals surface area contributed by atoms with Crippen LogP contribution in [0.15, 0.2) is 42.5 Å². The lowest BCUT2D eigenvalue weighted by Gasteiger charge is -2.07. The first-order valence-electron chi connectivity index (χ1n) is 6.46. The van der Waals surface area contributed by atoms with Crippen LogP contribution in [0, 0.1) is 11.3 Å². The first-order valence-corrected chi connectivity index (χ1v) is 6.46. The number of hydrogen-bond acceptors (Lipinski definition) is 4. The van der Waals surface area contributed by atoms with Gasteiger partial charge in [0.1, 0.15) is 12.6 Å². The van der Waals surface area contributed by atoms with E-state index in [2.05, 4.69) is 10.1 Å². The highest BCUT2D eigenvalue weighted by Gasteiger charge is 2.09. The van der Waals surface area contributed by atoms with Crippen molar-refractivity contribution >= 4 is 22.6 Å². The summed E-state index contributed by atoms with van der Waals surface area (Å²) in [4.78, 5) is 23.0. The Morgan fingerprint density at radius 3 is 2.71 bits per heavy atom. The summed E-state index contributed by atoms with van der Waals surface area (Å²) < 4.78 is 4.55. The summed E-state index contributed by atoms with van der Waals surface area (Å²) in [7, 11) is 0. The van der Waals surface area contributed by atoms with Gasteiger partial charge in [0.15, 0.2) is 6.61 Å². The second-order valence-electron chi connectivity index (χ2n) is 4.41. The standard InChI is InChI=1S/C16H14N2O3/c17-8-9-21-16(20)11-18-15(19)10-13-6-3-5-12-4-1-2-7-14(12)13/h1-7H,9-11H2,(H,18,19). The van der Waals surface area contributed by atoms with Crippen LogP contribution in [0.2, 0.25) is 0 Å². The number of ether oxygens (including phenoxy) is 1. The number of carbonyl (C=O) groups excluding carboxylic acids is 2. The molecule has 5 nitrogen and oxygen atoms in total. The van der Waals surface area contributed by atoms with E-state index in [0.717, 1.165) is 16.3 Å². The molecular formula is C16H14N2O3. The first kappa shape index (κ1) is 14.5. The van der Waals surface area contributed by atoms with Crippen molar-refractivity contribution in [1.82, 2.24) is 5.32 Å². The highest BCUT2D eigenvalue weighted by Crippen LogP contribution is 2.18. The van der Waals surface area contributed by atoms with Crippen LogP contribution in [-0.4, -0.2) is 25.0 Å². The van der Waals surface area contributed by atoms with Crippen LogP contribution in [-0.2, 0) is 20.7 Å². The summed E-state index contributed by atoms with van der Waals surface area (Å²) in [5, 5.41) is 12.8. The normalized spacial score (nSPS) is 9.86. The minimum Gasteiger partial charge on any atom is -0.449 e. The van der Waals surface area contributed by atoms with E-state index >= 15 is 0 Å². The molecule has 2 aromatic carbocycles. The van der Waals surface area contributed by atoms with Gasteiger partial charge in [-0.2, -0.15) is 5.26 Å². The molecule has 0 bridgehead atoms. The van der Waals surface area contributed by atoms with Crippen LogP contribution in [0.25, 0.3) is 10.8 Å². The highest BCUT2D eigenvalue weighted by molar-refractivity contribution is 5.91. The fraction of sp³-hybridized carbons (Fsp3) is 0.188. The van der Waals surface area contributed by atoms with Crippen LogP contribution >= 0.6 is 0 Å². The molecule has 0 atom stereocenters. The van der Waals surface area contributed by atoms with Gasteiger partial charge in [0, 0.05) is 0 Å².